The van der Waals surface area contributed by atoms with Crippen LogP contribution < -0.4 is 14.8 Å². The monoisotopic (exact) mass is 425 g/mol. The number of hydrogen-bond donors (Lipinski definition) is 1. The molecular weight excluding hydrogens is 405 g/mol. The first-order chi connectivity index (χ1) is 11.1. The molecule has 0 atom stereocenters. The molecule has 0 aliphatic heterocycles. The van der Waals surface area contributed by atoms with Gasteiger partial charge in [-0.05, 0) is 84.0 Å². The number of rotatable bonds is 7. The van der Waals surface area contributed by atoms with E-state index in [0.29, 0.717) is 19.4 Å². The maximum absolute atomic E-state index is 12.0. The molecule has 0 aliphatic rings. The normalized spacial score (nSPS) is 10.2. The lowest BCUT2D eigenvalue weighted by Gasteiger charge is -2.09. The highest BCUT2D eigenvalue weighted by molar-refractivity contribution is 14.1. The van der Waals surface area contributed by atoms with Gasteiger partial charge in [-0.2, -0.15) is 0 Å². The largest absolute Gasteiger partial charge is 0.497 e. The summed E-state index contributed by atoms with van der Waals surface area (Å²) in [6.07, 6.45) is 1.10. The Kier molecular flexibility index (Phi) is 6.70. The molecule has 2 rings (SSSR count). The minimum absolute atomic E-state index is 0.00707. The van der Waals surface area contributed by atoms with Gasteiger partial charge in [-0.3, -0.25) is 4.79 Å². The van der Waals surface area contributed by atoms with Gasteiger partial charge in [-0.15, -0.1) is 0 Å². The number of hydrogen-bond acceptors (Lipinski definition) is 3. The first-order valence-electron chi connectivity index (χ1n) is 7.41. The van der Waals surface area contributed by atoms with Crippen molar-refractivity contribution in [2.24, 2.45) is 0 Å². The number of anilines is 1. The van der Waals surface area contributed by atoms with Crippen molar-refractivity contribution in [1.29, 1.82) is 0 Å². The summed E-state index contributed by atoms with van der Waals surface area (Å²) >= 11 is 2.26. The van der Waals surface area contributed by atoms with Crippen LogP contribution in [-0.2, 0) is 4.79 Å². The zero-order valence-corrected chi connectivity index (χ0v) is 15.4. The maximum atomic E-state index is 12.0. The van der Waals surface area contributed by atoms with E-state index in [0.717, 1.165) is 26.3 Å². The van der Waals surface area contributed by atoms with Crippen LogP contribution in [0.5, 0.6) is 11.5 Å². The molecular formula is C18H20INO3. The molecule has 23 heavy (non-hydrogen) atoms. The third-order valence-electron chi connectivity index (χ3n) is 3.34. The lowest BCUT2D eigenvalue weighted by Crippen LogP contribution is -2.13. The topological polar surface area (TPSA) is 47.6 Å². The summed E-state index contributed by atoms with van der Waals surface area (Å²) < 4.78 is 11.9. The summed E-state index contributed by atoms with van der Waals surface area (Å²) in [6.45, 7) is 2.50. The Morgan fingerprint density at radius 3 is 2.48 bits per heavy atom. The lowest BCUT2D eigenvalue weighted by molar-refractivity contribution is -0.116. The fourth-order valence-corrected chi connectivity index (χ4v) is 2.72. The molecule has 0 aliphatic carbocycles. The maximum Gasteiger partial charge on any atom is 0.224 e. The van der Waals surface area contributed by atoms with Gasteiger partial charge in [0.05, 0.1) is 13.7 Å². The molecule has 0 radical (unpaired) electrons. The Morgan fingerprint density at radius 2 is 1.83 bits per heavy atom. The Balaban J connectivity index is 1.72. The molecule has 2 aromatic carbocycles. The van der Waals surface area contributed by atoms with Crippen molar-refractivity contribution in [1.82, 2.24) is 0 Å². The van der Waals surface area contributed by atoms with Crippen LogP contribution in [0.15, 0.2) is 42.5 Å². The highest BCUT2D eigenvalue weighted by atomic mass is 127. The van der Waals surface area contributed by atoms with E-state index in [1.165, 1.54) is 0 Å². The van der Waals surface area contributed by atoms with Gasteiger partial charge in [0.2, 0.25) is 5.91 Å². The minimum atomic E-state index is 0.00707. The van der Waals surface area contributed by atoms with Crippen LogP contribution in [0.25, 0.3) is 0 Å². The summed E-state index contributed by atoms with van der Waals surface area (Å²) in [5.41, 5.74) is 1.94. The standard InChI is InChI=1S/C18H20INO3/c1-13-12-14(19)5-10-17(13)20-18(21)4-3-11-23-16-8-6-15(22-2)7-9-16/h5-10,12H,3-4,11H2,1-2H3,(H,20,21). The molecule has 0 saturated heterocycles. The van der Waals surface area contributed by atoms with Crippen molar-refractivity contribution in [3.63, 3.8) is 0 Å². The molecule has 5 heteroatoms. The second-order valence-corrected chi connectivity index (χ2v) is 6.38. The predicted octanol–water partition coefficient (Wildman–Crippen LogP) is 4.41. The van der Waals surface area contributed by atoms with Crippen LogP contribution in [0.2, 0.25) is 0 Å². The van der Waals surface area contributed by atoms with E-state index in [4.69, 9.17) is 9.47 Å². The number of nitrogens with one attached hydrogen (secondary N) is 1. The van der Waals surface area contributed by atoms with Gasteiger partial charge in [0.25, 0.3) is 0 Å². The molecule has 0 aromatic heterocycles. The average molecular weight is 425 g/mol. The third kappa shape index (κ3) is 5.74. The van der Waals surface area contributed by atoms with Crippen LogP contribution in [0, 0.1) is 10.5 Å². The molecule has 2 aromatic rings. The molecule has 0 spiro atoms. The molecule has 0 heterocycles. The minimum Gasteiger partial charge on any atom is -0.497 e. The van der Waals surface area contributed by atoms with E-state index >= 15 is 0 Å². The van der Waals surface area contributed by atoms with Gasteiger partial charge >= 0.3 is 0 Å². The van der Waals surface area contributed by atoms with Crippen LogP contribution >= 0.6 is 22.6 Å². The zero-order chi connectivity index (χ0) is 16.7. The van der Waals surface area contributed by atoms with E-state index in [2.05, 4.69) is 27.9 Å². The average Bonchev–Trinajstić information content (AvgIpc) is 2.55. The number of carbonyl (C=O) groups excluding carboxylic acids is 1. The molecule has 1 N–H and O–H groups in total. The molecule has 122 valence electrons. The molecule has 0 saturated carbocycles. The smallest absolute Gasteiger partial charge is 0.224 e. The Labute approximate surface area is 150 Å². The second kappa shape index (κ2) is 8.76. The van der Waals surface area contributed by atoms with Crippen molar-refractivity contribution >= 4 is 34.2 Å². The van der Waals surface area contributed by atoms with Gasteiger partial charge in [-0.1, -0.05) is 0 Å². The molecule has 4 nitrogen and oxygen atoms in total. The van der Waals surface area contributed by atoms with Gasteiger partial charge in [-0.25, -0.2) is 0 Å². The number of ether oxygens (including phenoxy) is 2. The van der Waals surface area contributed by atoms with Gasteiger partial charge in [0, 0.05) is 15.7 Å². The van der Waals surface area contributed by atoms with E-state index in [1.54, 1.807) is 7.11 Å². The third-order valence-corrected chi connectivity index (χ3v) is 4.01. The Morgan fingerprint density at radius 1 is 1.13 bits per heavy atom. The summed E-state index contributed by atoms with van der Waals surface area (Å²) in [5, 5.41) is 2.94. The molecule has 1 amide bonds. The van der Waals surface area contributed by atoms with E-state index in [9.17, 15) is 4.79 Å². The molecule has 0 unspecified atom stereocenters. The fourth-order valence-electron chi connectivity index (χ4n) is 2.07. The number of benzene rings is 2. The van der Waals surface area contributed by atoms with Gasteiger partial charge in [0.15, 0.2) is 0 Å². The second-order valence-electron chi connectivity index (χ2n) is 5.13. The summed E-state index contributed by atoms with van der Waals surface area (Å²) in [5.74, 6) is 1.58. The SMILES string of the molecule is COc1ccc(OCCCC(=O)Nc2ccc(I)cc2C)cc1. The molecule has 0 bridgehead atoms. The van der Waals surface area contributed by atoms with Crippen LogP contribution in [0.4, 0.5) is 5.69 Å². The number of halogens is 1. The summed E-state index contributed by atoms with van der Waals surface area (Å²) in [4.78, 5) is 12.0. The highest BCUT2D eigenvalue weighted by Gasteiger charge is 2.05. The predicted molar refractivity (Wildman–Crippen MR) is 100 cm³/mol. The first-order valence-corrected chi connectivity index (χ1v) is 8.49. The van der Waals surface area contributed by atoms with Crippen LogP contribution in [0.1, 0.15) is 18.4 Å². The van der Waals surface area contributed by atoms with Gasteiger partial charge in [0.1, 0.15) is 11.5 Å². The fraction of sp³-hybridized carbons (Fsp3) is 0.278. The van der Waals surface area contributed by atoms with E-state index in [1.807, 2.05) is 49.4 Å². The first kappa shape index (κ1) is 17.6. The van der Waals surface area contributed by atoms with Crippen molar-refractivity contribution in [2.75, 3.05) is 19.0 Å². The highest BCUT2D eigenvalue weighted by Crippen LogP contribution is 2.19. The summed E-state index contributed by atoms with van der Waals surface area (Å²) in [7, 11) is 1.63. The lowest BCUT2D eigenvalue weighted by atomic mass is 10.2. The van der Waals surface area contributed by atoms with E-state index in [-0.39, 0.29) is 5.91 Å². The Bertz CT molecular complexity index is 656. The molecule has 0 fully saturated rings. The number of amides is 1. The van der Waals surface area contributed by atoms with Crippen molar-refractivity contribution in [2.45, 2.75) is 19.8 Å². The van der Waals surface area contributed by atoms with Crippen LogP contribution in [0.3, 0.4) is 0 Å². The van der Waals surface area contributed by atoms with Crippen molar-refractivity contribution in [3.8, 4) is 11.5 Å². The van der Waals surface area contributed by atoms with Crippen molar-refractivity contribution in [3.05, 3.63) is 51.6 Å². The van der Waals surface area contributed by atoms with Gasteiger partial charge < -0.3 is 14.8 Å². The quantitative estimate of drug-likeness (QED) is 0.528. The van der Waals surface area contributed by atoms with Crippen LogP contribution in [-0.4, -0.2) is 19.6 Å². The zero-order valence-electron chi connectivity index (χ0n) is 13.3. The summed E-state index contributed by atoms with van der Waals surface area (Å²) in [6, 6.07) is 13.4. The Hall–Kier alpha value is -1.76. The number of methoxy groups -OCH3 is 1. The van der Waals surface area contributed by atoms with Crippen molar-refractivity contribution < 1.29 is 14.3 Å². The number of carbonyl (C=O) groups is 1. The number of aryl methyl sites for hydroxylation is 1. The van der Waals surface area contributed by atoms with E-state index < -0.39 is 0 Å².